The van der Waals surface area contributed by atoms with Gasteiger partial charge in [0.25, 0.3) is 0 Å². The number of imidazole rings is 1. The number of benzene rings is 2. The number of aromatic nitrogens is 2. The van der Waals surface area contributed by atoms with Crippen molar-refractivity contribution in [2.45, 2.75) is 25.4 Å². The molecule has 0 spiro atoms. The van der Waals surface area contributed by atoms with Crippen LogP contribution < -0.4 is 10.1 Å². The Labute approximate surface area is 175 Å². The van der Waals surface area contributed by atoms with Crippen LogP contribution in [0.3, 0.4) is 0 Å². The van der Waals surface area contributed by atoms with E-state index < -0.39 is 0 Å². The van der Waals surface area contributed by atoms with Crippen molar-refractivity contribution in [3.05, 3.63) is 76.3 Å². The lowest BCUT2D eigenvalue weighted by Crippen LogP contribution is -2.27. The van der Waals surface area contributed by atoms with Gasteiger partial charge in [0.15, 0.2) is 4.77 Å². The summed E-state index contributed by atoms with van der Waals surface area (Å²) in [5.74, 6) is 1.11. The molecule has 1 atom stereocenters. The summed E-state index contributed by atoms with van der Waals surface area (Å²) in [7, 11) is 0. The summed E-state index contributed by atoms with van der Waals surface area (Å²) in [6.45, 7) is 2.30. The standard InChI is InChI=1S/C21H23N3O2S.ClH/c25-19-6-7-20-16(11-19)10-18(14-26-20)24-17(13-23-21(24)27)8-9-22-12-15-4-2-1-3-5-15;/h1-7,11,13,18,22,25H,8-10,12,14H2,(H,23,27);1H/t18-;/m0./s1. The predicted molar refractivity (Wildman–Crippen MR) is 115 cm³/mol. The maximum Gasteiger partial charge on any atom is 0.177 e. The van der Waals surface area contributed by atoms with Gasteiger partial charge in [0.1, 0.15) is 18.1 Å². The molecule has 0 saturated heterocycles. The average Bonchev–Trinajstić information content (AvgIpc) is 3.06. The minimum Gasteiger partial charge on any atom is -0.508 e. The number of fused-ring (bicyclic) bond motifs is 1. The Morgan fingerprint density at radius 1 is 1.21 bits per heavy atom. The highest BCUT2D eigenvalue weighted by molar-refractivity contribution is 7.71. The van der Waals surface area contributed by atoms with Gasteiger partial charge in [-0.2, -0.15) is 0 Å². The fourth-order valence-electron chi connectivity index (χ4n) is 3.58. The lowest BCUT2D eigenvalue weighted by atomic mass is 10.0. The SMILES string of the molecule is Cl.Oc1ccc2c(c1)C[C@H](n1c(CCNCc3ccccc3)c[nH]c1=S)CO2. The second-order valence-electron chi connectivity index (χ2n) is 6.83. The van der Waals surface area contributed by atoms with Crippen LogP contribution in [0.15, 0.2) is 54.7 Å². The van der Waals surface area contributed by atoms with E-state index in [1.54, 1.807) is 12.1 Å². The zero-order valence-electron chi connectivity index (χ0n) is 15.4. The van der Waals surface area contributed by atoms with Gasteiger partial charge in [-0.3, -0.25) is 0 Å². The lowest BCUT2D eigenvalue weighted by Gasteiger charge is -2.27. The summed E-state index contributed by atoms with van der Waals surface area (Å²) < 4.78 is 8.77. The molecule has 0 bridgehead atoms. The van der Waals surface area contributed by atoms with Crippen LogP contribution in [0, 0.1) is 4.77 Å². The number of hydrogen-bond acceptors (Lipinski definition) is 4. The van der Waals surface area contributed by atoms with Crippen LogP contribution >= 0.6 is 24.6 Å². The number of H-pyrrole nitrogens is 1. The number of nitrogens with one attached hydrogen (secondary N) is 2. The van der Waals surface area contributed by atoms with Gasteiger partial charge < -0.3 is 24.7 Å². The molecule has 0 saturated carbocycles. The first kappa shape index (κ1) is 20.5. The van der Waals surface area contributed by atoms with E-state index in [1.807, 2.05) is 18.3 Å². The van der Waals surface area contributed by atoms with E-state index in [4.69, 9.17) is 17.0 Å². The number of phenolic OH excluding ortho intramolecular Hbond substituents is 1. The molecule has 3 aromatic rings. The summed E-state index contributed by atoms with van der Waals surface area (Å²) in [5, 5.41) is 13.2. The van der Waals surface area contributed by atoms with Crippen LogP contribution in [-0.4, -0.2) is 27.8 Å². The number of hydrogen-bond donors (Lipinski definition) is 3. The maximum atomic E-state index is 9.75. The van der Waals surface area contributed by atoms with E-state index in [0.717, 1.165) is 42.9 Å². The molecule has 148 valence electrons. The van der Waals surface area contributed by atoms with Gasteiger partial charge >= 0.3 is 0 Å². The molecule has 0 unspecified atom stereocenters. The summed E-state index contributed by atoms with van der Waals surface area (Å²) >= 11 is 5.52. The molecule has 28 heavy (non-hydrogen) atoms. The van der Waals surface area contributed by atoms with Crippen LogP contribution in [0.4, 0.5) is 0 Å². The van der Waals surface area contributed by atoms with E-state index in [9.17, 15) is 5.11 Å². The number of nitrogens with zero attached hydrogens (tertiary/aromatic N) is 1. The minimum atomic E-state index is 0. The lowest BCUT2D eigenvalue weighted by molar-refractivity contribution is 0.220. The van der Waals surface area contributed by atoms with Gasteiger partial charge in [0, 0.05) is 37.8 Å². The van der Waals surface area contributed by atoms with E-state index in [2.05, 4.69) is 39.1 Å². The van der Waals surface area contributed by atoms with Crippen LogP contribution in [0.5, 0.6) is 11.5 Å². The van der Waals surface area contributed by atoms with Gasteiger partial charge in [-0.1, -0.05) is 30.3 Å². The van der Waals surface area contributed by atoms with E-state index in [0.29, 0.717) is 11.4 Å². The molecular weight excluding hydrogens is 394 g/mol. The maximum absolute atomic E-state index is 9.75. The Kier molecular flexibility index (Phi) is 6.78. The van der Waals surface area contributed by atoms with Crippen molar-refractivity contribution in [1.82, 2.24) is 14.9 Å². The van der Waals surface area contributed by atoms with E-state index >= 15 is 0 Å². The number of aromatic amines is 1. The summed E-state index contributed by atoms with van der Waals surface area (Å²) in [5.41, 5.74) is 3.46. The third-order valence-corrected chi connectivity index (χ3v) is 5.23. The first-order valence-electron chi connectivity index (χ1n) is 9.19. The molecular formula is C21H24ClN3O2S. The fourth-order valence-corrected chi connectivity index (χ4v) is 3.91. The second kappa shape index (κ2) is 9.28. The Bertz CT molecular complexity index is 971. The molecule has 1 aromatic heterocycles. The number of halogens is 1. The second-order valence-corrected chi connectivity index (χ2v) is 7.22. The van der Waals surface area contributed by atoms with Crippen LogP contribution in [0.25, 0.3) is 0 Å². The Balaban J connectivity index is 0.00000225. The zero-order chi connectivity index (χ0) is 18.6. The molecule has 7 heteroatoms. The molecule has 0 fully saturated rings. The fraction of sp³-hybridized carbons (Fsp3) is 0.286. The van der Waals surface area contributed by atoms with Crippen molar-refractivity contribution in [3.8, 4) is 11.5 Å². The van der Waals surface area contributed by atoms with Crippen molar-refractivity contribution >= 4 is 24.6 Å². The normalized spacial score (nSPS) is 15.4. The van der Waals surface area contributed by atoms with Crippen molar-refractivity contribution in [3.63, 3.8) is 0 Å². The molecule has 0 aliphatic carbocycles. The number of aromatic hydroxyl groups is 1. The number of phenols is 1. The van der Waals surface area contributed by atoms with Gasteiger partial charge in [-0.15, -0.1) is 12.4 Å². The molecule has 0 radical (unpaired) electrons. The Morgan fingerprint density at radius 3 is 2.86 bits per heavy atom. The topological polar surface area (TPSA) is 62.2 Å². The average molecular weight is 418 g/mol. The predicted octanol–water partition coefficient (Wildman–Crippen LogP) is 4.18. The van der Waals surface area contributed by atoms with Crippen LogP contribution in [0.2, 0.25) is 0 Å². The summed E-state index contributed by atoms with van der Waals surface area (Å²) in [6, 6.07) is 15.8. The minimum absolute atomic E-state index is 0. The van der Waals surface area contributed by atoms with Crippen molar-refractivity contribution in [2.75, 3.05) is 13.2 Å². The number of rotatable bonds is 6. The molecule has 4 rings (SSSR count). The molecule has 1 aliphatic rings. The molecule has 0 amide bonds. The highest BCUT2D eigenvalue weighted by atomic mass is 35.5. The molecule has 2 heterocycles. The summed E-state index contributed by atoms with van der Waals surface area (Å²) in [4.78, 5) is 3.17. The third kappa shape index (κ3) is 4.58. The summed E-state index contributed by atoms with van der Waals surface area (Å²) in [6.07, 6.45) is 3.66. The van der Waals surface area contributed by atoms with E-state index in [-0.39, 0.29) is 24.2 Å². The Hall–Kier alpha value is -2.28. The highest BCUT2D eigenvalue weighted by Crippen LogP contribution is 2.32. The monoisotopic (exact) mass is 417 g/mol. The first-order chi connectivity index (χ1) is 13.2. The van der Waals surface area contributed by atoms with Crippen molar-refractivity contribution in [2.24, 2.45) is 0 Å². The van der Waals surface area contributed by atoms with Gasteiger partial charge in [0.2, 0.25) is 0 Å². The molecule has 5 nitrogen and oxygen atoms in total. The van der Waals surface area contributed by atoms with Gasteiger partial charge in [0.05, 0.1) is 6.04 Å². The van der Waals surface area contributed by atoms with Gasteiger partial charge in [-0.05, 0) is 41.5 Å². The zero-order valence-corrected chi connectivity index (χ0v) is 17.1. The third-order valence-electron chi connectivity index (χ3n) is 4.92. The van der Waals surface area contributed by atoms with Crippen LogP contribution in [0.1, 0.15) is 22.9 Å². The van der Waals surface area contributed by atoms with Crippen LogP contribution in [-0.2, 0) is 19.4 Å². The van der Waals surface area contributed by atoms with Crippen molar-refractivity contribution in [1.29, 1.82) is 0 Å². The molecule has 1 aliphatic heterocycles. The smallest absolute Gasteiger partial charge is 0.177 e. The quantitative estimate of drug-likeness (QED) is 0.416. The van der Waals surface area contributed by atoms with Crippen molar-refractivity contribution < 1.29 is 9.84 Å². The largest absolute Gasteiger partial charge is 0.508 e. The molecule has 3 N–H and O–H groups in total. The highest BCUT2D eigenvalue weighted by Gasteiger charge is 2.24. The number of ether oxygens (including phenoxy) is 1. The van der Waals surface area contributed by atoms with E-state index in [1.165, 1.54) is 5.56 Å². The molecule has 2 aromatic carbocycles. The first-order valence-corrected chi connectivity index (χ1v) is 9.59. The van der Waals surface area contributed by atoms with Gasteiger partial charge in [-0.25, -0.2) is 0 Å². The Morgan fingerprint density at radius 2 is 2.04 bits per heavy atom.